The van der Waals surface area contributed by atoms with Gasteiger partial charge in [0.25, 0.3) is 0 Å². The number of carbonyl (C=O) groups excluding carboxylic acids is 3. The number of rotatable bonds is 6. The van der Waals surface area contributed by atoms with Crippen LogP contribution >= 0.6 is 0 Å². The van der Waals surface area contributed by atoms with Gasteiger partial charge in [0.15, 0.2) is 0 Å². The van der Waals surface area contributed by atoms with E-state index in [0.29, 0.717) is 45.3 Å². The zero-order chi connectivity index (χ0) is 23.4. The van der Waals surface area contributed by atoms with Gasteiger partial charge in [-0.05, 0) is 38.3 Å². The van der Waals surface area contributed by atoms with Gasteiger partial charge in [-0.1, -0.05) is 30.3 Å². The van der Waals surface area contributed by atoms with Crippen molar-refractivity contribution in [2.24, 2.45) is 5.92 Å². The van der Waals surface area contributed by atoms with E-state index in [9.17, 15) is 14.4 Å². The van der Waals surface area contributed by atoms with Crippen LogP contribution in [0, 0.1) is 5.92 Å². The number of esters is 1. The van der Waals surface area contributed by atoms with Crippen LogP contribution in [-0.2, 0) is 25.7 Å². The number of nitrogens with one attached hydrogen (secondary N) is 1. The van der Waals surface area contributed by atoms with Crippen LogP contribution in [0.25, 0.3) is 0 Å². The minimum absolute atomic E-state index is 0.0963. The first-order valence-electron chi connectivity index (χ1n) is 12.1. The molecule has 2 amide bonds. The lowest BCUT2D eigenvalue weighted by molar-refractivity contribution is -0.149. The molecule has 3 aliphatic rings. The van der Waals surface area contributed by atoms with Crippen molar-refractivity contribution in [2.75, 3.05) is 40.3 Å². The lowest BCUT2D eigenvalue weighted by atomic mass is 9.96. The Balaban J connectivity index is 1.31. The molecule has 3 atom stereocenters. The fourth-order valence-corrected chi connectivity index (χ4v) is 5.62. The van der Waals surface area contributed by atoms with Gasteiger partial charge in [0.2, 0.25) is 11.8 Å². The van der Waals surface area contributed by atoms with Crippen LogP contribution in [0.5, 0.6) is 0 Å². The molecule has 0 radical (unpaired) electrons. The number of likely N-dealkylation sites (N-methyl/N-ethyl adjacent to an activating group) is 1. The van der Waals surface area contributed by atoms with Gasteiger partial charge in [0.05, 0.1) is 13.0 Å². The van der Waals surface area contributed by atoms with Gasteiger partial charge >= 0.3 is 5.97 Å². The van der Waals surface area contributed by atoms with E-state index in [4.69, 9.17) is 4.74 Å². The number of nitrogens with zero attached hydrogens (tertiary/aromatic N) is 3. The van der Waals surface area contributed by atoms with Gasteiger partial charge in [-0.2, -0.15) is 0 Å². The van der Waals surface area contributed by atoms with Crippen LogP contribution in [0.3, 0.4) is 0 Å². The molecule has 3 saturated heterocycles. The zero-order valence-corrected chi connectivity index (χ0v) is 19.7. The molecule has 4 rings (SSSR count). The highest BCUT2D eigenvalue weighted by Gasteiger charge is 2.45. The Labute approximate surface area is 196 Å². The summed E-state index contributed by atoms with van der Waals surface area (Å²) in [5.41, 5.74) is 1.22. The van der Waals surface area contributed by atoms with Crippen molar-refractivity contribution in [3.63, 3.8) is 0 Å². The highest BCUT2D eigenvalue weighted by atomic mass is 16.5. The Morgan fingerprint density at radius 3 is 2.52 bits per heavy atom. The summed E-state index contributed by atoms with van der Waals surface area (Å²) >= 11 is 0. The molecular formula is C25H36N4O4. The first-order valence-corrected chi connectivity index (χ1v) is 12.1. The molecule has 8 nitrogen and oxygen atoms in total. The number of carbonyl (C=O) groups is 3. The topological polar surface area (TPSA) is 82.2 Å². The number of fused-ring (bicyclic) bond motifs is 1. The highest BCUT2D eigenvalue weighted by Crippen LogP contribution is 2.29. The lowest BCUT2D eigenvalue weighted by Crippen LogP contribution is -2.49. The maximum Gasteiger partial charge on any atom is 0.308 e. The van der Waals surface area contributed by atoms with Crippen LogP contribution in [0.2, 0.25) is 0 Å². The first kappa shape index (κ1) is 23.7. The Bertz CT molecular complexity index is 840. The first-order chi connectivity index (χ1) is 16.0. The molecule has 0 unspecified atom stereocenters. The number of likely N-dealkylation sites (tertiary alicyclic amines) is 2. The summed E-state index contributed by atoms with van der Waals surface area (Å²) < 4.78 is 4.83. The van der Waals surface area contributed by atoms with Gasteiger partial charge in [-0.3, -0.25) is 24.2 Å². The van der Waals surface area contributed by atoms with Crippen molar-refractivity contribution in [3.05, 3.63) is 35.9 Å². The average Bonchev–Trinajstić information content (AvgIpc) is 3.22. The van der Waals surface area contributed by atoms with E-state index in [0.717, 1.165) is 19.5 Å². The van der Waals surface area contributed by atoms with E-state index >= 15 is 0 Å². The van der Waals surface area contributed by atoms with Crippen molar-refractivity contribution in [1.82, 2.24) is 20.0 Å². The van der Waals surface area contributed by atoms with Crippen LogP contribution in [0.4, 0.5) is 0 Å². The second-order valence-corrected chi connectivity index (χ2v) is 9.54. The summed E-state index contributed by atoms with van der Waals surface area (Å²) in [6.07, 6.45) is 3.46. The quantitative estimate of drug-likeness (QED) is 0.649. The monoisotopic (exact) mass is 456 g/mol. The van der Waals surface area contributed by atoms with Gasteiger partial charge in [-0.15, -0.1) is 0 Å². The van der Waals surface area contributed by atoms with Crippen molar-refractivity contribution in [3.8, 4) is 0 Å². The number of amides is 2. The Hall–Kier alpha value is -2.45. The summed E-state index contributed by atoms with van der Waals surface area (Å²) in [7, 11) is 3.51. The predicted molar refractivity (Wildman–Crippen MR) is 124 cm³/mol. The minimum Gasteiger partial charge on any atom is -0.469 e. The number of piperidine rings is 1. The number of methoxy groups -OCH3 is 1. The maximum atomic E-state index is 13.0. The van der Waals surface area contributed by atoms with E-state index in [-0.39, 0.29) is 41.8 Å². The minimum atomic E-state index is -0.176. The molecule has 1 aromatic carbocycles. The zero-order valence-electron chi connectivity index (χ0n) is 19.7. The van der Waals surface area contributed by atoms with Gasteiger partial charge in [0.1, 0.15) is 6.04 Å². The van der Waals surface area contributed by atoms with Crippen molar-refractivity contribution < 1.29 is 19.1 Å². The lowest BCUT2D eigenvalue weighted by Gasteiger charge is -2.34. The van der Waals surface area contributed by atoms with Crippen molar-refractivity contribution >= 4 is 17.8 Å². The summed E-state index contributed by atoms with van der Waals surface area (Å²) in [4.78, 5) is 44.0. The molecule has 1 N–H and O–H groups in total. The molecule has 0 aromatic heterocycles. The summed E-state index contributed by atoms with van der Waals surface area (Å²) in [5.74, 6) is -0.0410. The molecule has 3 fully saturated rings. The van der Waals surface area contributed by atoms with E-state index < -0.39 is 0 Å². The average molecular weight is 457 g/mol. The van der Waals surface area contributed by atoms with Gasteiger partial charge < -0.3 is 15.0 Å². The molecule has 0 bridgehead atoms. The summed E-state index contributed by atoms with van der Waals surface area (Å²) in [6.45, 7) is 3.44. The number of hydrogen-bond acceptors (Lipinski definition) is 6. The fraction of sp³-hybridized carbons (Fsp3) is 0.640. The largest absolute Gasteiger partial charge is 0.469 e. The molecule has 1 aromatic rings. The normalized spacial score (nSPS) is 27.0. The number of ether oxygens (including phenoxy) is 1. The fourth-order valence-electron chi connectivity index (χ4n) is 5.62. The summed E-state index contributed by atoms with van der Waals surface area (Å²) in [6, 6.07) is 10.4. The second-order valence-electron chi connectivity index (χ2n) is 9.54. The van der Waals surface area contributed by atoms with Crippen LogP contribution < -0.4 is 5.32 Å². The molecule has 0 spiro atoms. The van der Waals surface area contributed by atoms with Crippen LogP contribution in [0.15, 0.2) is 30.3 Å². The van der Waals surface area contributed by atoms with Crippen LogP contribution in [-0.4, -0.2) is 90.9 Å². The molecule has 33 heavy (non-hydrogen) atoms. The van der Waals surface area contributed by atoms with E-state index in [2.05, 4.69) is 34.3 Å². The summed E-state index contributed by atoms with van der Waals surface area (Å²) in [5, 5.41) is 3.14. The van der Waals surface area contributed by atoms with E-state index in [1.807, 2.05) is 23.1 Å². The third kappa shape index (κ3) is 5.38. The second kappa shape index (κ2) is 10.7. The third-order valence-electron chi connectivity index (χ3n) is 7.65. The molecular weight excluding hydrogens is 420 g/mol. The number of benzene rings is 1. The standard InChI is InChI=1S/C25H36N4O4/c1-27-20(8-9-22(30)28-13-10-19(11-14-28)25(32)33-2)16-26-24(31)23-21(27)12-15-29(23)17-18-6-4-3-5-7-18/h3-7,19-21,23H,8-17H2,1-2H3,(H,26,31)/t20-,21+,23-/m0/s1. The molecule has 3 heterocycles. The van der Waals surface area contributed by atoms with Crippen molar-refractivity contribution in [2.45, 2.75) is 56.8 Å². The Kier molecular flexibility index (Phi) is 7.65. The third-order valence-corrected chi connectivity index (χ3v) is 7.65. The van der Waals surface area contributed by atoms with Crippen LogP contribution in [0.1, 0.15) is 37.7 Å². The Morgan fingerprint density at radius 2 is 1.82 bits per heavy atom. The van der Waals surface area contributed by atoms with Gasteiger partial charge in [-0.25, -0.2) is 0 Å². The SMILES string of the molecule is COC(=O)C1CCN(C(=O)CC[C@H]2CNC(=O)[C@@H]3[C@@H](CCN3Cc3ccccc3)N2C)CC1. The van der Waals surface area contributed by atoms with Gasteiger partial charge in [0, 0.05) is 51.2 Å². The smallest absolute Gasteiger partial charge is 0.308 e. The molecule has 3 aliphatic heterocycles. The van der Waals surface area contributed by atoms with E-state index in [1.165, 1.54) is 12.7 Å². The van der Waals surface area contributed by atoms with Crippen molar-refractivity contribution in [1.29, 1.82) is 0 Å². The molecule has 8 heteroatoms. The highest BCUT2D eigenvalue weighted by molar-refractivity contribution is 5.83. The van der Waals surface area contributed by atoms with E-state index in [1.54, 1.807) is 0 Å². The molecule has 180 valence electrons. The molecule has 0 saturated carbocycles. The number of hydrogen-bond donors (Lipinski definition) is 1. The Morgan fingerprint density at radius 1 is 1.09 bits per heavy atom. The molecule has 0 aliphatic carbocycles. The predicted octanol–water partition coefficient (Wildman–Crippen LogP) is 1.25. The maximum absolute atomic E-state index is 13.0.